The van der Waals surface area contributed by atoms with E-state index in [-0.39, 0.29) is 5.91 Å². The molecular weight excluding hydrogens is 450 g/mol. The minimum atomic E-state index is -0.277. The number of ether oxygens (including phenoxy) is 1. The first-order valence-electron chi connectivity index (χ1n) is 11.0. The number of anilines is 1. The molecular formula is C29H19N5O2. The number of hydrogen-bond donors (Lipinski definition) is 1. The number of hydrogen-bond acceptors (Lipinski definition) is 6. The third-order valence-corrected chi connectivity index (χ3v) is 5.49. The Morgan fingerprint density at radius 2 is 1.83 bits per heavy atom. The van der Waals surface area contributed by atoms with Crippen molar-refractivity contribution in [3.8, 4) is 40.0 Å². The van der Waals surface area contributed by atoms with Gasteiger partial charge in [0, 0.05) is 40.7 Å². The molecule has 3 aromatic carbocycles. The van der Waals surface area contributed by atoms with E-state index in [4.69, 9.17) is 10.00 Å². The Hall–Kier alpha value is -5.35. The van der Waals surface area contributed by atoms with Gasteiger partial charge in [0.1, 0.15) is 12.1 Å². The third-order valence-electron chi connectivity index (χ3n) is 5.49. The van der Waals surface area contributed by atoms with E-state index in [9.17, 15) is 4.79 Å². The summed E-state index contributed by atoms with van der Waals surface area (Å²) in [6.07, 6.45) is 6.26. The zero-order valence-corrected chi connectivity index (χ0v) is 19.1. The summed E-state index contributed by atoms with van der Waals surface area (Å²) in [6.45, 7) is 3.50. The number of amides is 1. The monoisotopic (exact) mass is 469 g/mol. The lowest BCUT2D eigenvalue weighted by Gasteiger charge is -2.12. The highest BCUT2D eigenvalue weighted by Gasteiger charge is 2.11. The summed E-state index contributed by atoms with van der Waals surface area (Å²) in [6, 6.07) is 24.3. The number of carbonyl (C=O) groups is 1. The molecule has 5 rings (SSSR count). The van der Waals surface area contributed by atoms with E-state index in [0.29, 0.717) is 22.9 Å². The van der Waals surface area contributed by atoms with Crippen LogP contribution in [0.5, 0.6) is 11.6 Å². The first-order chi connectivity index (χ1) is 17.6. The molecule has 36 heavy (non-hydrogen) atoms. The van der Waals surface area contributed by atoms with Gasteiger partial charge < -0.3 is 10.1 Å². The minimum absolute atomic E-state index is 0.277. The fourth-order valence-corrected chi connectivity index (χ4v) is 3.81. The number of rotatable bonds is 6. The van der Waals surface area contributed by atoms with Gasteiger partial charge in [-0.15, -0.1) is 0 Å². The molecule has 0 aliphatic carbocycles. The van der Waals surface area contributed by atoms with Crippen LogP contribution in [0.2, 0.25) is 0 Å². The largest absolute Gasteiger partial charge is 0.439 e. The van der Waals surface area contributed by atoms with Crippen LogP contribution in [0.3, 0.4) is 0 Å². The Kier molecular flexibility index (Phi) is 6.15. The number of nitrogens with zero attached hydrogens (tertiary/aromatic N) is 4. The van der Waals surface area contributed by atoms with Crippen molar-refractivity contribution in [2.45, 2.75) is 0 Å². The Balaban J connectivity index is 1.51. The smallest absolute Gasteiger partial charge is 0.247 e. The minimum Gasteiger partial charge on any atom is -0.439 e. The molecule has 0 aliphatic heterocycles. The van der Waals surface area contributed by atoms with Crippen molar-refractivity contribution >= 4 is 22.5 Å². The van der Waals surface area contributed by atoms with E-state index in [1.165, 1.54) is 12.4 Å². The van der Waals surface area contributed by atoms with Crippen molar-refractivity contribution in [3.05, 3.63) is 110 Å². The third kappa shape index (κ3) is 4.79. The molecule has 172 valence electrons. The molecule has 0 aliphatic rings. The Labute approximate surface area is 207 Å². The number of pyridine rings is 1. The molecule has 0 fully saturated rings. The number of benzene rings is 3. The molecule has 1 amide bonds. The second kappa shape index (κ2) is 9.87. The van der Waals surface area contributed by atoms with Crippen molar-refractivity contribution in [3.63, 3.8) is 0 Å². The average molecular weight is 470 g/mol. The summed E-state index contributed by atoms with van der Waals surface area (Å²) in [5.74, 6) is 0.688. The maximum atomic E-state index is 11.8. The summed E-state index contributed by atoms with van der Waals surface area (Å²) in [5, 5.41) is 12.8. The molecule has 0 unspecified atom stereocenters. The van der Waals surface area contributed by atoms with Crippen molar-refractivity contribution in [2.75, 3.05) is 5.32 Å². The summed E-state index contributed by atoms with van der Waals surface area (Å²) < 4.78 is 5.81. The number of aromatic nitrogens is 3. The highest BCUT2D eigenvalue weighted by Crippen LogP contribution is 2.34. The molecule has 2 heterocycles. The summed E-state index contributed by atoms with van der Waals surface area (Å²) >= 11 is 0. The molecule has 0 atom stereocenters. The van der Waals surface area contributed by atoms with Gasteiger partial charge >= 0.3 is 0 Å². The maximum Gasteiger partial charge on any atom is 0.247 e. The Morgan fingerprint density at radius 1 is 0.944 bits per heavy atom. The zero-order chi connectivity index (χ0) is 24.9. The lowest BCUT2D eigenvalue weighted by atomic mass is 9.96. The normalized spacial score (nSPS) is 10.4. The van der Waals surface area contributed by atoms with E-state index < -0.39 is 0 Å². The summed E-state index contributed by atoms with van der Waals surface area (Å²) in [4.78, 5) is 24.9. The van der Waals surface area contributed by atoms with E-state index in [1.54, 1.807) is 42.7 Å². The molecule has 7 nitrogen and oxygen atoms in total. The van der Waals surface area contributed by atoms with E-state index in [1.807, 2.05) is 42.5 Å². The van der Waals surface area contributed by atoms with Crippen LogP contribution in [-0.2, 0) is 4.79 Å². The van der Waals surface area contributed by atoms with Crippen LogP contribution in [0.15, 0.2) is 104 Å². The molecule has 1 N–H and O–H groups in total. The first kappa shape index (κ1) is 22.4. The van der Waals surface area contributed by atoms with E-state index in [0.717, 1.165) is 33.2 Å². The lowest BCUT2D eigenvalue weighted by Crippen LogP contribution is -2.07. The molecule has 0 saturated heterocycles. The molecule has 0 radical (unpaired) electrons. The molecule has 0 spiro atoms. The molecule has 0 saturated carbocycles. The Morgan fingerprint density at radius 3 is 2.64 bits per heavy atom. The fourth-order valence-electron chi connectivity index (χ4n) is 3.81. The fraction of sp³-hybridized carbons (Fsp3) is 0. The SMILES string of the molecule is C=CC(=O)Nc1cccc(-c2cc(-c3ccc(Oc4cccc(C#N)c4)nc3)cc3cncnc23)c1. The number of nitriles is 1. The van der Waals surface area contributed by atoms with Crippen LogP contribution in [0, 0.1) is 11.3 Å². The average Bonchev–Trinajstić information content (AvgIpc) is 2.93. The lowest BCUT2D eigenvalue weighted by molar-refractivity contribution is -0.111. The highest BCUT2D eigenvalue weighted by atomic mass is 16.5. The topological polar surface area (TPSA) is 101 Å². The maximum absolute atomic E-state index is 11.8. The van der Waals surface area contributed by atoms with Gasteiger partial charge in [0.05, 0.1) is 17.1 Å². The Bertz CT molecular complexity index is 1640. The number of fused-ring (bicyclic) bond motifs is 1. The van der Waals surface area contributed by atoms with Crippen LogP contribution >= 0.6 is 0 Å². The predicted molar refractivity (Wildman–Crippen MR) is 138 cm³/mol. The molecule has 5 aromatic rings. The van der Waals surface area contributed by atoms with Crippen molar-refractivity contribution in [1.29, 1.82) is 5.26 Å². The quantitative estimate of drug-likeness (QED) is 0.300. The first-order valence-corrected chi connectivity index (χ1v) is 11.0. The molecule has 7 heteroatoms. The van der Waals surface area contributed by atoms with Crippen LogP contribution in [0.25, 0.3) is 33.2 Å². The van der Waals surface area contributed by atoms with Gasteiger partial charge in [-0.1, -0.05) is 24.8 Å². The van der Waals surface area contributed by atoms with Gasteiger partial charge in [-0.05, 0) is 65.7 Å². The van der Waals surface area contributed by atoms with Gasteiger partial charge in [-0.25, -0.2) is 15.0 Å². The van der Waals surface area contributed by atoms with Gasteiger partial charge in [-0.2, -0.15) is 5.26 Å². The van der Waals surface area contributed by atoms with Crippen LogP contribution < -0.4 is 10.1 Å². The summed E-state index contributed by atoms with van der Waals surface area (Å²) in [7, 11) is 0. The highest BCUT2D eigenvalue weighted by molar-refractivity contribution is 6.01. The number of nitrogens with one attached hydrogen (secondary N) is 1. The second-order valence-corrected chi connectivity index (χ2v) is 7.89. The van der Waals surface area contributed by atoms with Crippen LogP contribution in [0.4, 0.5) is 5.69 Å². The van der Waals surface area contributed by atoms with Crippen LogP contribution in [-0.4, -0.2) is 20.9 Å². The molecule has 0 bridgehead atoms. The zero-order valence-electron chi connectivity index (χ0n) is 19.1. The van der Waals surface area contributed by atoms with E-state index in [2.05, 4.69) is 32.9 Å². The van der Waals surface area contributed by atoms with Crippen molar-refractivity contribution in [1.82, 2.24) is 15.0 Å². The van der Waals surface area contributed by atoms with Crippen molar-refractivity contribution in [2.24, 2.45) is 0 Å². The second-order valence-electron chi connectivity index (χ2n) is 7.89. The van der Waals surface area contributed by atoms with E-state index >= 15 is 0 Å². The van der Waals surface area contributed by atoms with Gasteiger partial charge in [0.2, 0.25) is 11.8 Å². The number of carbonyl (C=O) groups excluding carboxylic acids is 1. The van der Waals surface area contributed by atoms with Crippen molar-refractivity contribution < 1.29 is 9.53 Å². The van der Waals surface area contributed by atoms with Gasteiger partial charge in [-0.3, -0.25) is 4.79 Å². The van der Waals surface area contributed by atoms with Crippen LogP contribution in [0.1, 0.15) is 5.56 Å². The van der Waals surface area contributed by atoms with Gasteiger partial charge in [0.15, 0.2) is 0 Å². The standard InChI is InChI=1S/C29H19N5O2/c1-2-27(35)34-24-7-4-6-20(13-24)26-14-22(12-23-16-31-18-33-29(23)26)21-9-10-28(32-17-21)36-25-8-3-5-19(11-25)15-30/h2-14,16-18H,1H2,(H,34,35). The summed E-state index contributed by atoms with van der Waals surface area (Å²) in [5.41, 5.74) is 5.58. The van der Waals surface area contributed by atoms with Gasteiger partial charge in [0.25, 0.3) is 0 Å². The molecule has 2 aromatic heterocycles. The predicted octanol–water partition coefficient (Wildman–Crippen LogP) is 6.15.